The maximum Gasteiger partial charge on any atom is 0.191 e. The fraction of sp³-hybridized carbons (Fsp3) is 0.294. The van der Waals surface area contributed by atoms with Crippen molar-refractivity contribution in [2.75, 3.05) is 20.2 Å². The van der Waals surface area contributed by atoms with E-state index in [1.165, 1.54) is 0 Å². The van der Waals surface area contributed by atoms with Crippen LogP contribution in [-0.4, -0.2) is 31.1 Å². The molecule has 5 nitrogen and oxygen atoms in total. The monoisotopic (exact) mass is 298 g/mol. The molecule has 22 heavy (non-hydrogen) atoms. The Kier molecular flexibility index (Phi) is 6.23. The van der Waals surface area contributed by atoms with Crippen LogP contribution >= 0.6 is 0 Å². The predicted molar refractivity (Wildman–Crippen MR) is 89.1 cm³/mol. The molecule has 0 saturated carbocycles. The van der Waals surface area contributed by atoms with Crippen LogP contribution in [0.15, 0.2) is 53.7 Å². The molecule has 0 radical (unpaired) electrons. The van der Waals surface area contributed by atoms with E-state index in [9.17, 15) is 0 Å². The molecule has 1 heterocycles. The first-order valence-electron chi connectivity index (χ1n) is 7.32. The van der Waals surface area contributed by atoms with Crippen LogP contribution in [0.5, 0.6) is 5.75 Å². The van der Waals surface area contributed by atoms with Gasteiger partial charge in [0.05, 0.1) is 18.8 Å². The lowest BCUT2D eigenvalue weighted by Gasteiger charge is -2.13. The number of rotatable bonds is 6. The van der Waals surface area contributed by atoms with Crippen LogP contribution < -0.4 is 15.4 Å². The van der Waals surface area contributed by atoms with Crippen molar-refractivity contribution < 1.29 is 4.74 Å². The molecule has 0 aliphatic carbocycles. The Labute approximate surface area is 131 Å². The third-order valence-corrected chi connectivity index (χ3v) is 3.17. The fourth-order valence-corrected chi connectivity index (χ4v) is 1.95. The van der Waals surface area contributed by atoms with Gasteiger partial charge in [0.15, 0.2) is 5.96 Å². The zero-order valence-corrected chi connectivity index (χ0v) is 13.0. The van der Waals surface area contributed by atoms with Gasteiger partial charge in [0.2, 0.25) is 0 Å². The predicted octanol–water partition coefficient (Wildman–Crippen LogP) is 2.13. The lowest BCUT2D eigenvalue weighted by atomic mass is 10.2. The summed E-state index contributed by atoms with van der Waals surface area (Å²) >= 11 is 0. The Morgan fingerprint density at radius 3 is 2.68 bits per heavy atom. The average molecular weight is 298 g/mol. The van der Waals surface area contributed by atoms with Crippen LogP contribution in [0.1, 0.15) is 11.3 Å². The van der Waals surface area contributed by atoms with E-state index in [4.69, 9.17) is 4.74 Å². The van der Waals surface area contributed by atoms with Crippen molar-refractivity contribution in [3.8, 4) is 5.75 Å². The van der Waals surface area contributed by atoms with Gasteiger partial charge in [-0.2, -0.15) is 0 Å². The van der Waals surface area contributed by atoms with Crippen molar-refractivity contribution in [2.45, 2.75) is 13.5 Å². The van der Waals surface area contributed by atoms with Crippen molar-refractivity contribution in [2.24, 2.45) is 4.99 Å². The molecule has 0 atom stereocenters. The standard InChI is InChI=1S/C17H22N4O/c1-14-7-6-10-19-16(14)13-21-17(18-2)20-11-12-22-15-8-4-3-5-9-15/h3-10H,11-13H2,1-2H3,(H2,18,20,21). The van der Waals surface area contributed by atoms with Gasteiger partial charge >= 0.3 is 0 Å². The smallest absolute Gasteiger partial charge is 0.191 e. The molecule has 0 unspecified atom stereocenters. The van der Waals surface area contributed by atoms with Crippen LogP contribution in [0.25, 0.3) is 0 Å². The van der Waals surface area contributed by atoms with E-state index in [1.54, 1.807) is 13.2 Å². The number of hydrogen-bond acceptors (Lipinski definition) is 3. The highest BCUT2D eigenvalue weighted by molar-refractivity contribution is 5.79. The lowest BCUT2D eigenvalue weighted by Crippen LogP contribution is -2.39. The van der Waals surface area contributed by atoms with Gasteiger partial charge in [0, 0.05) is 13.2 Å². The number of para-hydroxylation sites is 1. The third kappa shape index (κ3) is 5.09. The lowest BCUT2D eigenvalue weighted by molar-refractivity contribution is 0.322. The second kappa shape index (κ2) is 8.67. The summed E-state index contributed by atoms with van der Waals surface area (Å²) in [7, 11) is 1.75. The number of aryl methyl sites for hydroxylation is 1. The maximum atomic E-state index is 5.63. The molecule has 116 valence electrons. The van der Waals surface area contributed by atoms with Crippen molar-refractivity contribution in [1.82, 2.24) is 15.6 Å². The molecule has 0 saturated heterocycles. The first-order valence-corrected chi connectivity index (χ1v) is 7.32. The van der Waals surface area contributed by atoms with E-state index in [-0.39, 0.29) is 0 Å². The number of ether oxygens (including phenoxy) is 1. The summed E-state index contributed by atoms with van der Waals surface area (Å²) < 4.78 is 5.63. The molecule has 0 spiro atoms. The molecule has 0 bridgehead atoms. The van der Waals surface area contributed by atoms with E-state index >= 15 is 0 Å². The molecular weight excluding hydrogens is 276 g/mol. The zero-order valence-electron chi connectivity index (χ0n) is 13.0. The minimum atomic E-state index is 0.577. The van der Waals surface area contributed by atoms with Gasteiger partial charge in [-0.25, -0.2) is 0 Å². The Morgan fingerprint density at radius 1 is 1.14 bits per heavy atom. The normalized spacial score (nSPS) is 11.1. The summed E-state index contributed by atoms with van der Waals surface area (Å²) in [5.74, 6) is 1.61. The van der Waals surface area contributed by atoms with Crippen LogP contribution in [0.2, 0.25) is 0 Å². The second-order valence-corrected chi connectivity index (χ2v) is 4.78. The Bertz CT molecular complexity index is 599. The second-order valence-electron chi connectivity index (χ2n) is 4.78. The highest BCUT2D eigenvalue weighted by Gasteiger charge is 2.01. The van der Waals surface area contributed by atoms with Crippen LogP contribution in [0.3, 0.4) is 0 Å². The van der Waals surface area contributed by atoms with Gasteiger partial charge in [-0.15, -0.1) is 0 Å². The van der Waals surface area contributed by atoms with E-state index in [1.807, 2.05) is 49.4 Å². The molecule has 5 heteroatoms. The molecule has 2 aromatic rings. The van der Waals surface area contributed by atoms with E-state index < -0.39 is 0 Å². The van der Waals surface area contributed by atoms with Crippen LogP contribution in [0, 0.1) is 6.92 Å². The van der Waals surface area contributed by atoms with Gasteiger partial charge in [-0.05, 0) is 30.7 Å². The largest absolute Gasteiger partial charge is 0.492 e. The average Bonchev–Trinajstić information content (AvgIpc) is 2.56. The molecule has 0 aliphatic rings. The summed E-state index contributed by atoms with van der Waals surface area (Å²) in [5.41, 5.74) is 2.18. The molecule has 0 fully saturated rings. The highest BCUT2D eigenvalue weighted by atomic mass is 16.5. The van der Waals surface area contributed by atoms with Crippen LogP contribution in [0.4, 0.5) is 0 Å². The molecule has 2 N–H and O–H groups in total. The topological polar surface area (TPSA) is 58.5 Å². The zero-order chi connectivity index (χ0) is 15.6. The number of pyridine rings is 1. The number of aromatic nitrogens is 1. The van der Waals surface area contributed by atoms with E-state index in [0.29, 0.717) is 19.7 Å². The summed E-state index contributed by atoms with van der Waals surface area (Å²) in [5, 5.41) is 6.46. The minimum Gasteiger partial charge on any atom is -0.492 e. The first kappa shape index (κ1) is 15.8. The third-order valence-electron chi connectivity index (χ3n) is 3.17. The SMILES string of the molecule is CN=C(NCCOc1ccccc1)NCc1ncccc1C. The van der Waals surface area contributed by atoms with Crippen molar-refractivity contribution in [1.29, 1.82) is 0 Å². The first-order chi connectivity index (χ1) is 10.8. The quantitative estimate of drug-likeness (QED) is 0.487. The molecule has 2 rings (SSSR count). The Morgan fingerprint density at radius 2 is 1.95 bits per heavy atom. The van der Waals surface area contributed by atoms with Gasteiger partial charge in [-0.3, -0.25) is 9.98 Å². The molecule has 0 amide bonds. The summed E-state index contributed by atoms with van der Waals surface area (Å²) in [6, 6.07) is 13.8. The number of nitrogens with zero attached hydrogens (tertiary/aromatic N) is 2. The summed E-state index contributed by atoms with van der Waals surface area (Å²) in [6.45, 7) is 3.95. The van der Waals surface area contributed by atoms with Gasteiger partial charge in [-0.1, -0.05) is 24.3 Å². The molecule has 0 aliphatic heterocycles. The molecule has 1 aromatic heterocycles. The molecule has 1 aromatic carbocycles. The van der Waals surface area contributed by atoms with Crippen LogP contribution in [-0.2, 0) is 6.54 Å². The fourth-order valence-electron chi connectivity index (χ4n) is 1.95. The number of nitrogens with one attached hydrogen (secondary N) is 2. The number of benzene rings is 1. The van der Waals surface area contributed by atoms with E-state index in [0.717, 1.165) is 23.0 Å². The Balaban J connectivity index is 1.70. The van der Waals surface area contributed by atoms with Gasteiger partial charge in [0.1, 0.15) is 12.4 Å². The van der Waals surface area contributed by atoms with Gasteiger partial charge < -0.3 is 15.4 Å². The molecular formula is C17H22N4O. The number of aliphatic imine (C=N–C) groups is 1. The van der Waals surface area contributed by atoms with Crippen molar-refractivity contribution in [3.63, 3.8) is 0 Å². The van der Waals surface area contributed by atoms with Crippen molar-refractivity contribution >= 4 is 5.96 Å². The minimum absolute atomic E-state index is 0.577. The number of guanidine groups is 1. The maximum absolute atomic E-state index is 5.63. The van der Waals surface area contributed by atoms with Gasteiger partial charge in [0.25, 0.3) is 0 Å². The number of hydrogen-bond donors (Lipinski definition) is 2. The highest BCUT2D eigenvalue weighted by Crippen LogP contribution is 2.07. The summed E-state index contributed by atoms with van der Waals surface area (Å²) in [4.78, 5) is 8.54. The Hall–Kier alpha value is -2.56. The summed E-state index contributed by atoms with van der Waals surface area (Å²) in [6.07, 6.45) is 1.80. The van der Waals surface area contributed by atoms with E-state index in [2.05, 4.69) is 20.6 Å². The van der Waals surface area contributed by atoms with Crippen molar-refractivity contribution in [3.05, 3.63) is 59.9 Å².